The number of nitrogens with one attached hydrogen (secondary N) is 2. The fourth-order valence-electron chi connectivity index (χ4n) is 3.10. The molecule has 0 aliphatic carbocycles. The number of anilines is 2. The molecule has 2 N–H and O–H groups in total. The summed E-state index contributed by atoms with van der Waals surface area (Å²) in [5, 5.41) is 6.29. The minimum atomic E-state index is -0.112. The van der Waals surface area contributed by atoms with Gasteiger partial charge in [0.05, 0.1) is 17.8 Å². The summed E-state index contributed by atoms with van der Waals surface area (Å²) in [4.78, 5) is 14.5. The fraction of sp³-hybridized carbons (Fsp3) is 0.300. The summed E-state index contributed by atoms with van der Waals surface area (Å²) in [6.07, 6.45) is 4.04. The number of rotatable bonds is 4. The highest BCUT2D eigenvalue weighted by atomic mass is 32.1. The normalized spacial score (nSPS) is 14.0. The van der Waals surface area contributed by atoms with Crippen LogP contribution in [0.1, 0.15) is 24.8 Å². The van der Waals surface area contributed by atoms with Gasteiger partial charge in [0.25, 0.3) is 0 Å². The highest BCUT2D eigenvalue weighted by molar-refractivity contribution is 7.80. The Kier molecular flexibility index (Phi) is 6.01. The van der Waals surface area contributed by atoms with E-state index in [2.05, 4.69) is 21.6 Å². The van der Waals surface area contributed by atoms with Crippen molar-refractivity contribution in [2.75, 3.05) is 23.3 Å². The van der Waals surface area contributed by atoms with Gasteiger partial charge in [-0.3, -0.25) is 4.79 Å². The van der Waals surface area contributed by atoms with Gasteiger partial charge in [0.2, 0.25) is 5.91 Å². The van der Waals surface area contributed by atoms with Crippen LogP contribution in [0.4, 0.5) is 11.4 Å². The zero-order valence-electron chi connectivity index (χ0n) is 14.2. The van der Waals surface area contributed by atoms with E-state index in [4.69, 9.17) is 12.2 Å². The molecule has 2 aromatic rings. The van der Waals surface area contributed by atoms with Gasteiger partial charge < -0.3 is 15.5 Å². The Morgan fingerprint density at radius 1 is 0.960 bits per heavy atom. The maximum atomic E-state index is 12.2. The molecule has 1 saturated heterocycles. The predicted octanol–water partition coefficient (Wildman–Crippen LogP) is 3.73. The van der Waals surface area contributed by atoms with E-state index in [1.807, 2.05) is 48.5 Å². The Labute approximate surface area is 154 Å². The SMILES string of the molecule is O=C(Cc1ccccc1)NC(=S)Nc1ccccc1N1CCCCC1. The van der Waals surface area contributed by atoms with E-state index < -0.39 is 0 Å². The van der Waals surface area contributed by atoms with Gasteiger partial charge in [-0.05, 0) is 49.2 Å². The molecule has 2 aromatic carbocycles. The van der Waals surface area contributed by atoms with E-state index in [1.165, 1.54) is 19.3 Å². The van der Waals surface area contributed by atoms with Crippen LogP contribution in [0.3, 0.4) is 0 Å². The molecule has 1 heterocycles. The molecule has 0 bridgehead atoms. The van der Waals surface area contributed by atoms with Crippen LogP contribution < -0.4 is 15.5 Å². The third-order valence-electron chi connectivity index (χ3n) is 4.31. The van der Waals surface area contributed by atoms with Gasteiger partial charge in [-0.2, -0.15) is 0 Å². The van der Waals surface area contributed by atoms with Crippen molar-refractivity contribution < 1.29 is 4.79 Å². The first-order valence-corrected chi connectivity index (χ1v) is 9.12. The summed E-state index contributed by atoms with van der Waals surface area (Å²) < 4.78 is 0. The van der Waals surface area contributed by atoms with Crippen molar-refractivity contribution in [3.8, 4) is 0 Å². The zero-order chi connectivity index (χ0) is 17.5. The lowest BCUT2D eigenvalue weighted by Gasteiger charge is -2.30. The van der Waals surface area contributed by atoms with E-state index >= 15 is 0 Å². The van der Waals surface area contributed by atoms with Crippen molar-refractivity contribution in [2.24, 2.45) is 0 Å². The highest BCUT2D eigenvalue weighted by Crippen LogP contribution is 2.28. The van der Waals surface area contributed by atoms with Crippen LogP contribution in [0.5, 0.6) is 0 Å². The molecule has 1 aliphatic rings. The molecule has 0 unspecified atom stereocenters. The average Bonchev–Trinajstić information content (AvgIpc) is 2.63. The molecule has 4 nitrogen and oxygen atoms in total. The van der Waals surface area contributed by atoms with Crippen molar-refractivity contribution in [3.05, 3.63) is 60.2 Å². The predicted molar refractivity (Wildman–Crippen MR) is 107 cm³/mol. The van der Waals surface area contributed by atoms with Gasteiger partial charge in [-0.15, -0.1) is 0 Å². The van der Waals surface area contributed by atoms with Crippen LogP contribution in [-0.4, -0.2) is 24.1 Å². The second kappa shape index (κ2) is 8.62. The lowest BCUT2D eigenvalue weighted by atomic mass is 10.1. The molecule has 3 rings (SSSR count). The summed E-state index contributed by atoms with van der Waals surface area (Å²) in [7, 11) is 0. The number of thiocarbonyl (C=S) groups is 1. The quantitative estimate of drug-likeness (QED) is 0.822. The van der Waals surface area contributed by atoms with E-state index in [1.54, 1.807) is 0 Å². The Morgan fingerprint density at radius 2 is 1.64 bits per heavy atom. The van der Waals surface area contributed by atoms with Gasteiger partial charge in [0, 0.05) is 13.1 Å². The standard InChI is InChI=1S/C20H23N3OS/c24-19(15-16-9-3-1-4-10-16)22-20(25)21-17-11-5-6-12-18(17)23-13-7-2-8-14-23/h1,3-6,9-12H,2,7-8,13-15H2,(H2,21,22,24,25). The molecule has 0 spiro atoms. The first kappa shape index (κ1) is 17.4. The third kappa shape index (κ3) is 5.03. The van der Waals surface area contributed by atoms with Crippen LogP contribution in [0.25, 0.3) is 0 Å². The summed E-state index contributed by atoms with van der Waals surface area (Å²) in [6.45, 7) is 2.12. The van der Waals surface area contributed by atoms with E-state index in [0.29, 0.717) is 11.5 Å². The van der Waals surface area contributed by atoms with Gasteiger partial charge in [0.15, 0.2) is 5.11 Å². The molecule has 130 valence electrons. The summed E-state index contributed by atoms with van der Waals surface area (Å²) in [5.41, 5.74) is 3.05. The Balaban J connectivity index is 1.60. The Hall–Kier alpha value is -2.40. The summed E-state index contributed by atoms with van der Waals surface area (Å²) in [6, 6.07) is 17.8. The number of amides is 1. The molecule has 5 heteroatoms. The minimum absolute atomic E-state index is 0.112. The van der Waals surface area contributed by atoms with Crippen molar-refractivity contribution in [1.82, 2.24) is 5.32 Å². The topological polar surface area (TPSA) is 44.4 Å². The molecular formula is C20H23N3OS. The Morgan fingerprint density at radius 3 is 2.40 bits per heavy atom. The number of para-hydroxylation sites is 2. The minimum Gasteiger partial charge on any atom is -0.370 e. The molecule has 1 amide bonds. The van der Waals surface area contributed by atoms with Crippen LogP contribution in [0.2, 0.25) is 0 Å². The van der Waals surface area contributed by atoms with Gasteiger partial charge in [0.1, 0.15) is 0 Å². The smallest absolute Gasteiger partial charge is 0.230 e. The maximum absolute atomic E-state index is 12.2. The molecule has 1 aliphatic heterocycles. The van der Waals surface area contributed by atoms with Crippen LogP contribution in [-0.2, 0) is 11.2 Å². The number of piperidine rings is 1. The Bertz CT molecular complexity index is 727. The third-order valence-corrected chi connectivity index (χ3v) is 4.51. The molecule has 25 heavy (non-hydrogen) atoms. The molecule has 0 aromatic heterocycles. The van der Waals surface area contributed by atoms with E-state index in [9.17, 15) is 4.79 Å². The first-order valence-electron chi connectivity index (χ1n) is 8.71. The molecule has 0 saturated carbocycles. The van der Waals surface area contributed by atoms with Crippen LogP contribution in [0, 0.1) is 0 Å². The number of carbonyl (C=O) groups is 1. The lowest BCUT2D eigenvalue weighted by molar-refractivity contribution is -0.119. The largest absolute Gasteiger partial charge is 0.370 e. The molecular weight excluding hydrogens is 330 g/mol. The van der Waals surface area contributed by atoms with Crippen molar-refractivity contribution >= 4 is 34.6 Å². The number of carbonyl (C=O) groups excluding carboxylic acids is 1. The van der Waals surface area contributed by atoms with Crippen LogP contribution in [0.15, 0.2) is 54.6 Å². The van der Waals surface area contributed by atoms with Crippen molar-refractivity contribution in [2.45, 2.75) is 25.7 Å². The lowest BCUT2D eigenvalue weighted by Crippen LogP contribution is -2.36. The van der Waals surface area contributed by atoms with Crippen LogP contribution >= 0.6 is 12.2 Å². The molecule has 0 radical (unpaired) electrons. The molecule has 0 atom stereocenters. The first-order chi connectivity index (χ1) is 12.2. The number of nitrogens with zero attached hydrogens (tertiary/aromatic N) is 1. The number of hydrogen-bond donors (Lipinski definition) is 2. The summed E-state index contributed by atoms with van der Waals surface area (Å²) >= 11 is 5.33. The second-order valence-electron chi connectivity index (χ2n) is 6.23. The highest BCUT2D eigenvalue weighted by Gasteiger charge is 2.15. The van der Waals surface area contributed by atoms with Gasteiger partial charge >= 0.3 is 0 Å². The zero-order valence-corrected chi connectivity index (χ0v) is 15.0. The monoisotopic (exact) mass is 353 g/mol. The van der Waals surface area contributed by atoms with Gasteiger partial charge in [-0.25, -0.2) is 0 Å². The van der Waals surface area contributed by atoms with Crippen molar-refractivity contribution in [1.29, 1.82) is 0 Å². The second-order valence-corrected chi connectivity index (χ2v) is 6.64. The fourth-order valence-corrected chi connectivity index (χ4v) is 3.32. The maximum Gasteiger partial charge on any atom is 0.230 e. The number of hydrogen-bond acceptors (Lipinski definition) is 3. The van der Waals surface area contributed by atoms with Crippen molar-refractivity contribution in [3.63, 3.8) is 0 Å². The molecule has 1 fully saturated rings. The van der Waals surface area contributed by atoms with E-state index in [-0.39, 0.29) is 5.91 Å². The number of benzene rings is 2. The summed E-state index contributed by atoms with van der Waals surface area (Å²) in [5.74, 6) is -0.112. The average molecular weight is 353 g/mol. The van der Waals surface area contributed by atoms with Gasteiger partial charge in [-0.1, -0.05) is 42.5 Å². The van der Waals surface area contributed by atoms with E-state index in [0.717, 1.165) is 30.0 Å².